The van der Waals surface area contributed by atoms with E-state index in [9.17, 15) is 0 Å². The molecule has 0 aliphatic heterocycles. The Morgan fingerprint density at radius 2 is 2.22 bits per heavy atom. The Kier molecular flexibility index (Phi) is 4.59. The Hall–Kier alpha value is -1.09. The van der Waals surface area contributed by atoms with E-state index in [-0.39, 0.29) is 0 Å². The maximum absolute atomic E-state index is 4.52. The van der Waals surface area contributed by atoms with Crippen LogP contribution in [0, 0.1) is 0 Å². The summed E-state index contributed by atoms with van der Waals surface area (Å²) in [6, 6.07) is 5.61. The first-order valence-corrected chi connectivity index (χ1v) is 7.15. The summed E-state index contributed by atoms with van der Waals surface area (Å²) in [6.45, 7) is 8.72. The van der Waals surface area contributed by atoms with Crippen molar-refractivity contribution >= 4 is 5.82 Å². The molecule has 1 aliphatic rings. The van der Waals surface area contributed by atoms with Gasteiger partial charge in [0.25, 0.3) is 0 Å². The molecule has 0 amide bonds. The highest BCUT2D eigenvalue weighted by Gasteiger charge is 2.20. The molecule has 100 valence electrons. The first-order chi connectivity index (χ1) is 8.70. The van der Waals surface area contributed by atoms with Crippen molar-refractivity contribution < 1.29 is 0 Å². The minimum Gasteiger partial charge on any atom is -0.354 e. The van der Waals surface area contributed by atoms with Crippen molar-refractivity contribution in [1.29, 1.82) is 0 Å². The fourth-order valence-electron chi connectivity index (χ4n) is 2.16. The minimum atomic E-state index is 0.504. The van der Waals surface area contributed by atoms with Gasteiger partial charge in [0, 0.05) is 31.4 Å². The van der Waals surface area contributed by atoms with E-state index in [1.54, 1.807) is 0 Å². The van der Waals surface area contributed by atoms with Crippen LogP contribution < -0.4 is 10.2 Å². The highest BCUT2D eigenvalue weighted by molar-refractivity contribution is 5.41. The third-order valence-corrected chi connectivity index (χ3v) is 3.36. The predicted molar refractivity (Wildman–Crippen MR) is 76.9 cm³/mol. The van der Waals surface area contributed by atoms with Gasteiger partial charge >= 0.3 is 0 Å². The van der Waals surface area contributed by atoms with Gasteiger partial charge in [-0.2, -0.15) is 0 Å². The van der Waals surface area contributed by atoms with Gasteiger partial charge in [-0.25, -0.2) is 4.98 Å². The summed E-state index contributed by atoms with van der Waals surface area (Å²) < 4.78 is 0. The number of anilines is 1. The lowest BCUT2D eigenvalue weighted by Gasteiger charge is -2.27. The lowest BCUT2D eigenvalue weighted by atomic mass is 10.2. The van der Waals surface area contributed by atoms with Crippen LogP contribution >= 0.6 is 0 Å². The van der Waals surface area contributed by atoms with Crippen LogP contribution in [0.1, 0.15) is 45.6 Å². The molecule has 0 saturated heterocycles. The molecule has 0 aromatic carbocycles. The number of nitrogens with zero attached hydrogens (tertiary/aromatic N) is 2. The molecular formula is C15H25N3. The van der Waals surface area contributed by atoms with Gasteiger partial charge in [-0.05, 0) is 50.8 Å². The van der Waals surface area contributed by atoms with E-state index in [1.165, 1.54) is 18.4 Å². The summed E-state index contributed by atoms with van der Waals surface area (Å²) in [5.74, 6) is 1.11. The summed E-state index contributed by atoms with van der Waals surface area (Å²) >= 11 is 0. The van der Waals surface area contributed by atoms with Crippen LogP contribution in [0.3, 0.4) is 0 Å². The van der Waals surface area contributed by atoms with E-state index < -0.39 is 0 Å². The number of rotatable bonds is 7. The van der Waals surface area contributed by atoms with Crippen molar-refractivity contribution in [3.8, 4) is 0 Å². The highest BCUT2D eigenvalue weighted by Crippen LogP contribution is 2.20. The van der Waals surface area contributed by atoms with E-state index in [0.29, 0.717) is 6.04 Å². The van der Waals surface area contributed by atoms with E-state index >= 15 is 0 Å². The summed E-state index contributed by atoms with van der Waals surface area (Å²) in [4.78, 5) is 6.90. The predicted octanol–water partition coefficient (Wildman–Crippen LogP) is 2.96. The molecule has 1 saturated carbocycles. The van der Waals surface area contributed by atoms with E-state index in [0.717, 1.165) is 31.4 Å². The van der Waals surface area contributed by atoms with Gasteiger partial charge < -0.3 is 10.2 Å². The number of aromatic nitrogens is 1. The number of pyridine rings is 1. The third kappa shape index (κ3) is 3.70. The molecule has 1 N–H and O–H groups in total. The van der Waals surface area contributed by atoms with Gasteiger partial charge in [-0.3, -0.25) is 0 Å². The van der Waals surface area contributed by atoms with Crippen LogP contribution in [0.25, 0.3) is 0 Å². The quantitative estimate of drug-likeness (QED) is 0.803. The standard InChI is InChI=1S/C15H25N3/c1-4-9-18(12(2)3)15-10-13(7-8-16-15)11-17-14-5-6-14/h7-8,10,12,14,17H,4-6,9,11H2,1-3H3. The Morgan fingerprint density at radius 1 is 1.44 bits per heavy atom. The average molecular weight is 247 g/mol. The second-order valence-corrected chi connectivity index (χ2v) is 5.46. The Bertz CT molecular complexity index is 372. The summed E-state index contributed by atoms with van der Waals surface area (Å²) in [6.07, 6.45) is 5.77. The second kappa shape index (κ2) is 6.19. The molecule has 18 heavy (non-hydrogen) atoms. The van der Waals surface area contributed by atoms with Crippen molar-refractivity contribution in [3.05, 3.63) is 23.9 Å². The summed E-state index contributed by atoms with van der Waals surface area (Å²) in [7, 11) is 0. The highest BCUT2D eigenvalue weighted by atomic mass is 15.2. The molecule has 1 aromatic rings. The molecule has 3 heteroatoms. The monoisotopic (exact) mass is 247 g/mol. The van der Waals surface area contributed by atoms with Crippen molar-refractivity contribution in [2.45, 2.75) is 58.7 Å². The SMILES string of the molecule is CCCN(c1cc(CNC2CC2)ccn1)C(C)C. The van der Waals surface area contributed by atoms with Gasteiger partial charge in [-0.15, -0.1) is 0 Å². The molecule has 0 radical (unpaired) electrons. The van der Waals surface area contributed by atoms with Gasteiger partial charge in [0.1, 0.15) is 5.82 Å². The van der Waals surface area contributed by atoms with Gasteiger partial charge in [-0.1, -0.05) is 6.92 Å². The molecule has 0 bridgehead atoms. The smallest absolute Gasteiger partial charge is 0.129 e. The Morgan fingerprint density at radius 3 is 2.83 bits per heavy atom. The maximum Gasteiger partial charge on any atom is 0.129 e. The van der Waals surface area contributed by atoms with Gasteiger partial charge in [0.2, 0.25) is 0 Å². The van der Waals surface area contributed by atoms with E-state index in [4.69, 9.17) is 0 Å². The fourth-order valence-corrected chi connectivity index (χ4v) is 2.16. The molecule has 3 nitrogen and oxygen atoms in total. The molecule has 1 aromatic heterocycles. The molecule has 1 aliphatic carbocycles. The first-order valence-electron chi connectivity index (χ1n) is 7.15. The number of nitrogens with one attached hydrogen (secondary N) is 1. The minimum absolute atomic E-state index is 0.504. The van der Waals surface area contributed by atoms with Crippen LogP contribution in [-0.2, 0) is 6.54 Å². The average Bonchev–Trinajstić information content (AvgIpc) is 3.17. The molecule has 1 heterocycles. The second-order valence-electron chi connectivity index (χ2n) is 5.46. The summed E-state index contributed by atoms with van der Waals surface area (Å²) in [5.41, 5.74) is 1.34. The van der Waals surface area contributed by atoms with Crippen LogP contribution in [0.5, 0.6) is 0 Å². The van der Waals surface area contributed by atoms with Crippen LogP contribution in [0.4, 0.5) is 5.82 Å². The zero-order valence-electron chi connectivity index (χ0n) is 11.8. The molecule has 0 spiro atoms. The first kappa shape index (κ1) is 13.3. The molecule has 0 atom stereocenters. The van der Waals surface area contributed by atoms with Gasteiger partial charge in [0.15, 0.2) is 0 Å². The molecule has 1 fully saturated rings. The van der Waals surface area contributed by atoms with Crippen molar-refractivity contribution in [2.24, 2.45) is 0 Å². The van der Waals surface area contributed by atoms with Crippen LogP contribution in [-0.4, -0.2) is 23.6 Å². The lowest BCUT2D eigenvalue weighted by molar-refractivity contribution is 0.657. The maximum atomic E-state index is 4.52. The van der Waals surface area contributed by atoms with Crippen molar-refractivity contribution in [3.63, 3.8) is 0 Å². The van der Waals surface area contributed by atoms with Crippen molar-refractivity contribution in [1.82, 2.24) is 10.3 Å². The zero-order valence-corrected chi connectivity index (χ0v) is 11.8. The Balaban J connectivity index is 2.03. The topological polar surface area (TPSA) is 28.2 Å². The van der Waals surface area contributed by atoms with Crippen molar-refractivity contribution in [2.75, 3.05) is 11.4 Å². The normalized spacial score (nSPS) is 15.1. The Labute approximate surface area is 111 Å². The van der Waals surface area contributed by atoms with Crippen LogP contribution in [0.15, 0.2) is 18.3 Å². The largest absolute Gasteiger partial charge is 0.354 e. The number of hydrogen-bond acceptors (Lipinski definition) is 3. The molecule has 2 rings (SSSR count). The third-order valence-electron chi connectivity index (χ3n) is 3.36. The molecule has 0 unspecified atom stereocenters. The summed E-state index contributed by atoms with van der Waals surface area (Å²) in [5, 5.41) is 3.55. The zero-order chi connectivity index (χ0) is 13.0. The van der Waals surface area contributed by atoms with Crippen LogP contribution in [0.2, 0.25) is 0 Å². The lowest BCUT2D eigenvalue weighted by Crippen LogP contribution is -2.32. The van der Waals surface area contributed by atoms with E-state index in [2.05, 4.69) is 48.1 Å². The molecular weight excluding hydrogens is 222 g/mol. The number of hydrogen-bond donors (Lipinski definition) is 1. The fraction of sp³-hybridized carbons (Fsp3) is 0.667. The van der Waals surface area contributed by atoms with Gasteiger partial charge in [0.05, 0.1) is 0 Å². The van der Waals surface area contributed by atoms with E-state index in [1.807, 2.05) is 6.20 Å².